The van der Waals surface area contributed by atoms with Crippen LogP contribution < -0.4 is 9.62 Å². The van der Waals surface area contributed by atoms with Crippen molar-refractivity contribution in [3.63, 3.8) is 0 Å². The number of hydrogen-bond donors (Lipinski definition) is 1. The maximum atomic E-state index is 12.2. The van der Waals surface area contributed by atoms with Crippen LogP contribution in [-0.4, -0.2) is 26.6 Å². The number of rotatable bonds is 4. The summed E-state index contributed by atoms with van der Waals surface area (Å²) in [6.07, 6.45) is 7.26. The Morgan fingerprint density at radius 3 is 2.52 bits per heavy atom. The second-order valence-corrected chi connectivity index (χ2v) is 9.01. The van der Waals surface area contributed by atoms with Crippen LogP contribution in [0.1, 0.15) is 29.5 Å². The van der Waals surface area contributed by atoms with Crippen LogP contribution in [0.5, 0.6) is 0 Å². The fourth-order valence-electron chi connectivity index (χ4n) is 3.69. The van der Waals surface area contributed by atoms with Crippen LogP contribution in [0.15, 0.2) is 48.5 Å². The van der Waals surface area contributed by atoms with Gasteiger partial charge in [0.25, 0.3) is 0 Å². The van der Waals surface area contributed by atoms with E-state index in [1.165, 1.54) is 27.9 Å². The number of aryl methyl sites for hydroxylation is 2. The van der Waals surface area contributed by atoms with Gasteiger partial charge in [-0.15, -0.1) is 0 Å². The van der Waals surface area contributed by atoms with Crippen molar-refractivity contribution in [3.05, 3.63) is 65.2 Å². The Kier molecular flexibility index (Phi) is 4.74. The van der Waals surface area contributed by atoms with Gasteiger partial charge in [0.1, 0.15) is 0 Å². The van der Waals surface area contributed by atoms with Crippen molar-refractivity contribution in [2.75, 3.05) is 21.9 Å². The fourth-order valence-corrected chi connectivity index (χ4v) is 5.25. The average Bonchev–Trinajstić information content (AvgIpc) is 3.25. The molecule has 1 amide bonds. The molecule has 5 nitrogen and oxygen atoms in total. The molecule has 0 saturated carbocycles. The number of nitrogens with one attached hydrogen (secondary N) is 1. The minimum absolute atomic E-state index is 0.181. The van der Waals surface area contributed by atoms with Crippen LogP contribution in [0.25, 0.3) is 6.08 Å². The Balaban J connectivity index is 1.40. The van der Waals surface area contributed by atoms with Crippen LogP contribution in [0.4, 0.5) is 11.4 Å². The molecular formula is C21H22N2O3S. The van der Waals surface area contributed by atoms with E-state index < -0.39 is 10.0 Å². The molecule has 0 unspecified atom stereocenters. The molecule has 1 aliphatic carbocycles. The van der Waals surface area contributed by atoms with E-state index in [4.69, 9.17) is 0 Å². The van der Waals surface area contributed by atoms with Crippen LogP contribution >= 0.6 is 0 Å². The lowest BCUT2D eigenvalue weighted by atomic mass is 10.1. The van der Waals surface area contributed by atoms with Gasteiger partial charge in [-0.3, -0.25) is 9.10 Å². The van der Waals surface area contributed by atoms with Gasteiger partial charge in [0.15, 0.2) is 0 Å². The van der Waals surface area contributed by atoms with Crippen molar-refractivity contribution in [3.8, 4) is 0 Å². The normalized spacial score (nSPS) is 18.0. The lowest BCUT2D eigenvalue weighted by Gasteiger charge is -2.16. The van der Waals surface area contributed by atoms with E-state index in [0.717, 1.165) is 24.1 Å². The number of nitrogens with zero attached hydrogens (tertiary/aromatic N) is 1. The highest BCUT2D eigenvalue weighted by Gasteiger charge is 2.28. The highest BCUT2D eigenvalue weighted by Crippen LogP contribution is 2.26. The highest BCUT2D eigenvalue weighted by molar-refractivity contribution is 7.93. The summed E-state index contributed by atoms with van der Waals surface area (Å²) in [6.45, 7) is 0.528. The van der Waals surface area contributed by atoms with Crippen molar-refractivity contribution < 1.29 is 13.2 Å². The van der Waals surface area contributed by atoms with Crippen LogP contribution in [0.2, 0.25) is 0 Å². The number of anilines is 2. The summed E-state index contributed by atoms with van der Waals surface area (Å²) >= 11 is 0. The van der Waals surface area contributed by atoms with Gasteiger partial charge in [0.2, 0.25) is 15.9 Å². The van der Waals surface area contributed by atoms with E-state index in [0.29, 0.717) is 18.7 Å². The molecule has 2 aromatic carbocycles. The minimum Gasteiger partial charge on any atom is -0.323 e. The molecule has 2 aliphatic rings. The van der Waals surface area contributed by atoms with Crippen LogP contribution in [0.3, 0.4) is 0 Å². The quantitative estimate of drug-likeness (QED) is 0.825. The molecule has 2 aromatic rings. The molecule has 140 valence electrons. The first-order chi connectivity index (χ1) is 13.0. The summed E-state index contributed by atoms with van der Waals surface area (Å²) in [4.78, 5) is 12.2. The zero-order valence-corrected chi connectivity index (χ0v) is 15.8. The Labute approximate surface area is 159 Å². The largest absolute Gasteiger partial charge is 0.323 e. The molecule has 4 rings (SSSR count). The number of sulfonamides is 1. The summed E-state index contributed by atoms with van der Waals surface area (Å²) in [5, 5.41) is 2.90. The molecule has 6 heteroatoms. The van der Waals surface area contributed by atoms with Gasteiger partial charge in [0, 0.05) is 18.3 Å². The third-order valence-electron chi connectivity index (χ3n) is 5.07. The monoisotopic (exact) mass is 382 g/mol. The van der Waals surface area contributed by atoms with E-state index in [-0.39, 0.29) is 11.7 Å². The van der Waals surface area contributed by atoms with Gasteiger partial charge >= 0.3 is 0 Å². The van der Waals surface area contributed by atoms with E-state index in [2.05, 4.69) is 17.4 Å². The molecule has 1 aliphatic heterocycles. The predicted molar refractivity (Wildman–Crippen MR) is 108 cm³/mol. The Hall–Kier alpha value is -2.60. The van der Waals surface area contributed by atoms with Gasteiger partial charge in [-0.05, 0) is 72.7 Å². The molecular weight excluding hydrogens is 360 g/mol. The molecule has 1 saturated heterocycles. The van der Waals surface area contributed by atoms with Gasteiger partial charge in [-0.1, -0.05) is 18.2 Å². The third-order valence-corrected chi connectivity index (χ3v) is 6.94. The lowest BCUT2D eigenvalue weighted by Crippen LogP contribution is -2.24. The zero-order chi connectivity index (χ0) is 18.9. The maximum Gasteiger partial charge on any atom is 0.248 e. The molecule has 0 atom stereocenters. The average molecular weight is 382 g/mol. The van der Waals surface area contributed by atoms with Crippen molar-refractivity contribution >= 4 is 33.4 Å². The highest BCUT2D eigenvalue weighted by atomic mass is 32.2. The lowest BCUT2D eigenvalue weighted by molar-refractivity contribution is -0.111. The van der Waals surface area contributed by atoms with E-state index in [1.807, 2.05) is 18.2 Å². The predicted octanol–water partition coefficient (Wildman–Crippen LogP) is 3.37. The molecule has 0 radical (unpaired) electrons. The standard InChI is InChI=1S/C21H22N2O3S/c24-21(22-19-9-8-17-3-1-4-18(17)15-19)12-7-16-5-10-20(11-6-16)23-13-2-14-27(23,25)26/h5-12,15H,1-4,13-14H2,(H,22,24)/b12-7+. The smallest absolute Gasteiger partial charge is 0.248 e. The first-order valence-corrected chi connectivity index (χ1v) is 10.8. The third kappa shape index (κ3) is 3.90. The first-order valence-electron chi connectivity index (χ1n) is 9.23. The molecule has 0 aromatic heterocycles. The van der Waals surface area contributed by atoms with Crippen LogP contribution in [0, 0.1) is 0 Å². The van der Waals surface area contributed by atoms with Gasteiger partial charge in [-0.2, -0.15) is 0 Å². The van der Waals surface area contributed by atoms with Gasteiger partial charge in [-0.25, -0.2) is 8.42 Å². The van der Waals surface area contributed by atoms with Gasteiger partial charge in [0.05, 0.1) is 11.4 Å². The van der Waals surface area contributed by atoms with Crippen molar-refractivity contribution in [2.24, 2.45) is 0 Å². The molecule has 1 heterocycles. The number of benzene rings is 2. The summed E-state index contributed by atoms with van der Waals surface area (Å²) < 4.78 is 25.4. The second-order valence-electron chi connectivity index (χ2n) is 6.99. The summed E-state index contributed by atoms with van der Waals surface area (Å²) in [5.74, 6) is 0.0245. The first kappa shape index (κ1) is 17.8. The molecule has 0 bridgehead atoms. The number of hydrogen-bond acceptors (Lipinski definition) is 3. The molecule has 1 N–H and O–H groups in total. The topological polar surface area (TPSA) is 66.5 Å². The number of fused-ring (bicyclic) bond motifs is 1. The summed E-state index contributed by atoms with van der Waals surface area (Å²) in [5.41, 5.74) is 5.04. The second kappa shape index (κ2) is 7.19. The number of carbonyl (C=O) groups excluding carboxylic acids is 1. The minimum atomic E-state index is -3.17. The summed E-state index contributed by atoms with van der Waals surface area (Å²) in [7, 11) is -3.17. The SMILES string of the molecule is O=C(/C=C/c1ccc(N2CCCS2(=O)=O)cc1)Nc1ccc2c(c1)CCC2. The Morgan fingerprint density at radius 2 is 1.78 bits per heavy atom. The Morgan fingerprint density at radius 1 is 1.00 bits per heavy atom. The fraction of sp³-hybridized carbons (Fsp3) is 0.286. The Bertz CT molecular complexity index is 995. The molecule has 0 spiro atoms. The van der Waals surface area contributed by atoms with Gasteiger partial charge < -0.3 is 5.32 Å². The molecule has 1 fully saturated rings. The molecule has 27 heavy (non-hydrogen) atoms. The maximum absolute atomic E-state index is 12.2. The number of carbonyl (C=O) groups is 1. The summed E-state index contributed by atoms with van der Waals surface area (Å²) in [6, 6.07) is 13.3. The van der Waals surface area contributed by atoms with Crippen molar-refractivity contribution in [1.82, 2.24) is 0 Å². The zero-order valence-electron chi connectivity index (χ0n) is 15.0. The van der Waals surface area contributed by atoms with E-state index in [1.54, 1.807) is 18.2 Å². The van der Waals surface area contributed by atoms with Crippen LogP contribution in [-0.2, 0) is 27.7 Å². The van der Waals surface area contributed by atoms with E-state index >= 15 is 0 Å². The number of amides is 1. The van der Waals surface area contributed by atoms with E-state index in [9.17, 15) is 13.2 Å². The van der Waals surface area contributed by atoms with Crippen molar-refractivity contribution in [1.29, 1.82) is 0 Å². The van der Waals surface area contributed by atoms with Crippen molar-refractivity contribution in [2.45, 2.75) is 25.7 Å².